The Morgan fingerprint density at radius 3 is 2.57 bits per heavy atom. The number of benzene rings is 1. The minimum absolute atomic E-state index is 0.0806. The lowest BCUT2D eigenvalue weighted by Gasteiger charge is -2.07. The quantitative estimate of drug-likeness (QED) is 0.825. The van der Waals surface area contributed by atoms with Crippen LogP contribution < -0.4 is 0 Å². The third kappa shape index (κ3) is 3.54. The Hall–Kier alpha value is -1.11. The predicted octanol–water partition coefficient (Wildman–Crippen LogP) is 3.10. The second-order valence-electron chi connectivity index (χ2n) is 5.68. The first-order valence-electron chi connectivity index (χ1n) is 7.46. The summed E-state index contributed by atoms with van der Waals surface area (Å²) in [5, 5.41) is 5.65. The summed E-state index contributed by atoms with van der Waals surface area (Å²) in [7, 11) is -2.95. The van der Waals surface area contributed by atoms with E-state index < -0.39 is 9.84 Å². The van der Waals surface area contributed by atoms with Crippen LogP contribution in [0, 0.1) is 0 Å². The van der Waals surface area contributed by atoms with Gasteiger partial charge in [-0.3, -0.25) is 0 Å². The Kier molecular flexibility index (Phi) is 4.67. The average Bonchev–Trinajstić information content (AvgIpc) is 3.06. The van der Waals surface area contributed by atoms with Gasteiger partial charge in [0, 0.05) is 28.9 Å². The second kappa shape index (κ2) is 6.42. The summed E-state index contributed by atoms with van der Waals surface area (Å²) in [5.41, 5.74) is 0.787. The fraction of sp³-hybridized carbons (Fsp3) is 0.467. The normalized spacial score (nSPS) is 20.0. The fourth-order valence-electron chi connectivity index (χ4n) is 2.87. The van der Waals surface area contributed by atoms with Crippen LogP contribution in [0.4, 0.5) is 0 Å². The molecule has 2 aromatic rings. The number of rotatable bonds is 4. The highest BCUT2D eigenvalue weighted by molar-refractivity contribution is 7.91. The Labute approximate surface area is 145 Å². The monoisotopic (exact) mass is 373 g/mol. The van der Waals surface area contributed by atoms with Gasteiger partial charge in [-0.1, -0.05) is 29.3 Å². The van der Waals surface area contributed by atoms with Crippen LogP contribution in [0.15, 0.2) is 18.2 Å². The molecule has 1 aliphatic rings. The molecule has 0 saturated carbocycles. The van der Waals surface area contributed by atoms with Crippen LogP contribution in [0.3, 0.4) is 0 Å². The van der Waals surface area contributed by atoms with Crippen molar-refractivity contribution in [2.24, 2.45) is 0 Å². The largest absolute Gasteiger partial charge is 0.250 e. The van der Waals surface area contributed by atoms with Crippen molar-refractivity contribution in [3.05, 3.63) is 45.5 Å². The summed E-state index contributed by atoms with van der Waals surface area (Å²) in [6.45, 7) is 2.61. The topological polar surface area (TPSA) is 64.8 Å². The number of aromatic nitrogens is 3. The summed E-state index contributed by atoms with van der Waals surface area (Å²) < 4.78 is 25.2. The Morgan fingerprint density at radius 1 is 1.30 bits per heavy atom. The third-order valence-electron chi connectivity index (χ3n) is 4.04. The highest BCUT2D eigenvalue weighted by Crippen LogP contribution is 2.29. The number of halogens is 2. The zero-order chi connectivity index (χ0) is 16.6. The average molecular weight is 374 g/mol. The molecule has 1 aromatic heterocycles. The summed E-state index contributed by atoms with van der Waals surface area (Å²) in [4.78, 5) is 4.58. The van der Waals surface area contributed by atoms with Crippen LogP contribution in [0.1, 0.15) is 36.5 Å². The number of nitrogens with zero attached hydrogens (tertiary/aromatic N) is 3. The second-order valence-corrected chi connectivity index (χ2v) is 8.72. The van der Waals surface area contributed by atoms with Crippen molar-refractivity contribution in [3.63, 3.8) is 0 Å². The number of sulfone groups is 1. The summed E-state index contributed by atoms with van der Waals surface area (Å²) in [6, 6.07) is 5.36. The summed E-state index contributed by atoms with van der Waals surface area (Å²) >= 11 is 12.4. The van der Waals surface area contributed by atoms with E-state index in [4.69, 9.17) is 23.2 Å². The van der Waals surface area contributed by atoms with Crippen molar-refractivity contribution < 1.29 is 8.42 Å². The van der Waals surface area contributed by atoms with E-state index in [0.29, 0.717) is 35.3 Å². The van der Waals surface area contributed by atoms with Gasteiger partial charge in [-0.15, -0.1) is 0 Å². The molecule has 0 unspecified atom stereocenters. The van der Waals surface area contributed by atoms with Crippen LogP contribution in [0.25, 0.3) is 0 Å². The van der Waals surface area contributed by atoms with Gasteiger partial charge >= 0.3 is 0 Å². The molecule has 23 heavy (non-hydrogen) atoms. The molecule has 0 bridgehead atoms. The van der Waals surface area contributed by atoms with E-state index in [1.54, 1.807) is 22.9 Å². The molecule has 0 N–H and O–H groups in total. The zero-order valence-corrected chi connectivity index (χ0v) is 15.0. The molecule has 0 spiro atoms. The van der Waals surface area contributed by atoms with Crippen LogP contribution in [-0.4, -0.2) is 34.7 Å². The molecule has 0 aliphatic carbocycles. The molecule has 1 fully saturated rings. The van der Waals surface area contributed by atoms with Gasteiger partial charge in [0.15, 0.2) is 15.7 Å². The van der Waals surface area contributed by atoms with Crippen LogP contribution >= 0.6 is 23.2 Å². The first kappa shape index (κ1) is 16.7. The van der Waals surface area contributed by atoms with E-state index in [1.165, 1.54) is 0 Å². The van der Waals surface area contributed by atoms with Gasteiger partial charge in [0.2, 0.25) is 0 Å². The smallest absolute Gasteiger partial charge is 0.155 e. The van der Waals surface area contributed by atoms with Crippen molar-refractivity contribution in [1.29, 1.82) is 0 Å². The molecule has 1 aromatic carbocycles. The van der Waals surface area contributed by atoms with Crippen molar-refractivity contribution in [1.82, 2.24) is 14.8 Å². The van der Waals surface area contributed by atoms with Crippen molar-refractivity contribution in [2.45, 2.75) is 32.2 Å². The maximum Gasteiger partial charge on any atom is 0.155 e. The van der Waals surface area contributed by atoms with Gasteiger partial charge in [0.05, 0.1) is 11.5 Å². The minimum Gasteiger partial charge on any atom is -0.250 e. The van der Waals surface area contributed by atoms with E-state index in [2.05, 4.69) is 10.1 Å². The van der Waals surface area contributed by atoms with Crippen LogP contribution in [0.5, 0.6) is 0 Å². The highest BCUT2D eigenvalue weighted by atomic mass is 35.5. The van der Waals surface area contributed by atoms with Gasteiger partial charge in [-0.05, 0) is 31.0 Å². The fourth-order valence-corrected chi connectivity index (χ4v) is 5.14. The first-order valence-corrected chi connectivity index (χ1v) is 10.0. The lowest BCUT2D eigenvalue weighted by Crippen LogP contribution is -2.11. The Bertz CT molecular complexity index is 813. The van der Waals surface area contributed by atoms with Crippen LogP contribution in [0.2, 0.25) is 10.0 Å². The summed E-state index contributed by atoms with van der Waals surface area (Å²) in [6.07, 6.45) is 1.03. The van der Waals surface area contributed by atoms with E-state index in [1.807, 2.05) is 6.92 Å². The zero-order valence-electron chi connectivity index (χ0n) is 12.7. The summed E-state index contributed by atoms with van der Waals surface area (Å²) in [5.74, 6) is 1.65. The van der Waals surface area contributed by atoms with Gasteiger partial charge in [0.1, 0.15) is 5.82 Å². The van der Waals surface area contributed by atoms with E-state index >= 15 is 0 Å². The van der Waals surface area contributed by atoms with Crippen LogP contribution in [-0.2, 0) is 22.8 Å². The van der Waals surface area contributed by atoms with Crippen molar-refractivity contribution in [3.8, 4) is 0 Å². The number of hydrogen-bond acceptors (Lipinski definition) is 4. The molecular weight excluding hydrogens is 357 g/mol. The first-order chi connectivity index (χ1) is 10.9. The highest BCUT2D eigenvalue weighted by Gasteiger charge is 2.32. The molecule has 3 rings (SSSR count). The molecular formula is C15H17Cl2N3O2S. The standard InChI is InChI=1S/C15H17Cl2N3O2S/c1-2-20-15(10-6-7-23(21,22)9-10)18-14(19-20)8-11-12(16)4-3-5-13(11)17/h3-5,10H,2,6-9H2,1H3/t10-/m0/s1. The van der Waals surface area contributed by atoms with Gasteiger partial charge in [-0.2, -0.15) is 5.10 Å². The Balaban J connectivity index is 1.91. The molecule has 5 nitrogen and oxygen atoms in total. The lowest BCUT2D eigenvalue weighted by molar-refractivity contribution is 0.571. The molecule has 2 heterocycles. The Morgan fingerprint density at radius 2 is 2.00 bits per heavy atom. The number of aryl methyl sites for hydroxylation is 1. The SMILES string of the molecule is CCn1nc(Cc2c(Cl)cccc2Cl)nc1[C@H]1CCS(=O)(=O)C1. The molecule has 1 saturated heterocycles. The van der Waals surface area contributed by atoms with Crippen molar-refractivity contribution >= 4 is 33.0 Å². The van der Waals surface area contributed by atoms with Crippen molar-refractivity contribution in [2.75, 3.05) is 11.5 Å². The van der Waals surface area contributed by atoms with Gasteiger partial charge in [-0.25, -0.2) is 18.1 Å². The molecule has 0 amide bonds. The predicted molar refractivity (Wildman–Crippen MR) is 91.0 cm³/mol. The maximum absolute atomic E-state index is 11.7. The van der Waals surface area contributed by atoms with E-state index in [-0.39, 0.29) is 17.4 Å². The van der Waals surface area contributed by atoms with E-state index in [0.717, 1.165) is 11.4 Å². The maximum atomic E-state index is 11.7. The molecule has 1 atom stereocenters. The van der Waals surface area contributed by atoms with Gasteiger partial charge in [0.25, 0.3) is 0 Å². The molecule has 124 valence electrons. The molecule has 0 radical (unpaired) electrons. The number of hydrogen-bond donors (Lipinski definition) is 0. The van der Waals surface area contributed by atoms with E-state index in [9.17, 15) is 8.42 Å². The lowest BCUT2D eigenvalue weighted by atomic mass is 10.1. The third-order valence-corrected chi connectivity index (χ3v) is 6.51. The molecule has 1 aliphatic heterocycles. The molecule has 8 heteroatoms. The minimum atomic E-state index is -2.95. The van der Waals surface area contributed by atoms with Gasteiger partial charge < -0.3 is 0 Å².